The zero-order chi connectivity index (χ0) is 10.8. The van der Waals surface area contributed by atoms with Crippen LogP contribution in [0, 0.1) is 12.7 Å². The van der Waals surface area contributed by atoms with Gasteiger partial charge in [0.15, 0.2) is 6.29 Å². The minimum atomic E-state index is -0.482. The van der Waals surface area contributed by atoms with E-state index in [9.17, 15) is 4.39 Å². The van der Waals surface area contributed by atoms with Gasteiger partial charge in [-0.25, -0.2) is 4.39 Å². The van der Waals surface area contributed by atoms with Gasteiger partial charge in [-0.1, -0.05) is 6.07 Å². The second-order valence-electron chi connectivity index (χ2n) is 3.58. The summed E-state index contributed by atoms with van der Waals surface area (Å²) in [4.78, 5) is 0. The molecule has 1 aliphatic rings. The fourth-order valence-electron chi connectivity index (χ4n) is 1.56. The number of ether oxygens (including phenoxy) is 2. The van der Waals surface area contributed by atoms with Crippen LogP contribution in [0.25, 0.3) is 0 Å². The average Bonchev–Trinajstić information content (AvgIpc) is 2.70. The van der Waals surface area contributed by atoms with E-state index in [0.717, 1.165) is 11.1 Å². The van der Waals surface area contributed by atoms with E-state index in [2.05, 4.69) is 0 Å². The molecule has 0 saturated carbocycles. The van der Waals surface area contributed by atoms with Gasteiger partial charge in [-0.2, -0.15) is 0 Å². The van der Waals surface area contributed by atoms with Crippen LogP contribution in [-0.4, -0.2) is 18.6 Å². The summed E-state index contributed by atoms with van der Waals surface area (Å²) in [6.07, 6.45) is -0.580. The van der Waals surface area contributed by atoms with Crippen molar-refractivity contribution in [2.24, 2.45) is 0 Å². The Labute approximate surface area is 92.9 Å². The first-order valence-electron chi connectivity index (χ1n) is 4.80. The van der Waals surface area contributed by atoms with E-state index in [4.69, 9.17) is 21.1 Å². The molecule has 1 fully saturated rings. The lowest BCUT2D eigenvalue weighted by atomic mass is 10.1. The van der Waals surface area contributed by atoms with Crippen molar-refractivity contribution in [2.45, 2.75) is 19.3 Å². The monoisotopic (exact) mass is 230 g/mol. The first-order valence-corrected chi connectivity index (χ1v) is 5.33. The zero-order valence-electron chi connectivity index (χ0n) is 8.37. The molecule has 2 unspecified atom stereocenters. The fraction of sp³-hybridized carbons (Fsp3) is 0.455. The number of halogens is 2. The number of alkyl halides is 1. The van der Waals surface area contributed by atoms with Crippen LogP contribution >= 0.6 is 11.6 Å². The number of benzene rings is 1. The molecule has 0 aromatic heterocycles. The maximum atomic E-state index is 13.0. The highest BCUT2D eigenvalue weighted by molar-refractivity contribution is 6.18. The van der Waals surface area contributed by atoms with E-state index in [-0.39, 0.29) is 11.9 Å². The summed E-state index contributed by atoms with van der Waals surface area (Å²) in [7, 11) is 0. The van der Waals surface area contributed by atoms with E-state index in [1.807, 2.05) is 6.92 Å². The highest BCUT2D eigenvalue weighted by atomic mass is 35.5. The van der Waals surface area contributed by atoms with Crippen molar-refractivity contribution < 1.29 is 13.9 Å². The predicted octanol–water partition coefficient (Wildman–Crippen LogP) is 2.79. The lowest BCUT2D eigenvalue weighted by Gasteiger charge is -2.13. The Kier molecular flexibility index (Phi) is 3.24. The van der Waals surface area contributed by atoms with Gasteiger partial charge in [0.25, 0.3) is 0 Å². The third-order valence-corrected chi connectivity index (χ3v) is 2.76. The van der Waals surface area contributed by atoms with Gasteiger partial charge in [0.05, 0.1) is 18.6 Å². The molecule has 0 amide bonds. The molecule has 1 aromatic rings. The molecule has 1 aliphatic heterocycles. The normalized spacial score (nSPS) is 25.8. The van der Waals surface area contributed by atoms with Crippen LogP contribution in [0.2, 0.25) is 0 Å². The summed E-state index contributed by atoms with van der Waals surface area (Å²) < 4.78 is 24.0. The Morgan fingerprint density at radius 1 is 1.53 bits per heavy atom. The Balaban J connectivity index is 2.19. The molecule has 1 aromatic carbocycles. The van der Waals surface area contributed by atoms with Gasteiger partial charge < -0.3 is 9.47 Å². The van der Waals surface area contributed by atoms with Crippen molar-refractivity contribution in [1.82, 2.24) is 0 Å². The molecule has 0 aliphatic carbocycles. The first-order chi connectivity index (χ1) is 7.20. The summed E-state index contributed by atoms with van der Waals surface area (Å²) in [5, 5.41) is 0. The van der Waals surface area contributed by atoms with E-state index < -0.39 is 6.29 Å². The first kappa shape index (κ1) is 10.9. The maximum absolute atomic E-state index is 13.0. The largest absolute Gasteiger partial charge is 0.346 e. The molecule has 2 nitrogen and oxygen atoms in total. The molecule has 2 rings (SSSR count). The Hall–Kier alpha value is -0.640. The molecular weight excluding hydrogens is 219 g/mol. The zero-order valence-corrected chi connectivity index (χ0v) is 9.13. The Bertz CT molecular complexity index is 356. The number of aryl methyl sites for hydroxylation is 1. The van der Waals surface area contributed by atoms with Crippen molar-refractivity contribution in [2.75, 3.05) is 12.5 Å². The second-order valence-corrected chi connectivity index (χ2v) is 3.89. The smallest absolute Gasteiger partial charge is 0.184 e. The Morgan fingerprint density at radius 3 is 3.00 bits per heavy atom. The summed E-state index contributed by atoms with van der Waals surface area (Å²) >= 11 is 5.65. The summed E-state index contributed by atoms with van der Waals surface area (Å²) in [5.41, 5.74) is 1.69. The Morgan fingerprint density at radius 2 is 2.33 bits per heavy atom. The van der Waals surface area contributed by atoms with Gasteiger partial charge in [0.1, 0.15) is 5.82 Å². The standard InChI is InChI=1S/C11H12ClFO2/c1-7-2-3-8(13)4-10(7)11-14-6-9(5-12)15-11/h2-4,9,11H,5-6H2,1H3. The molecule has 1 saturated heterocycles. The van der Waals surface area contributed by atoms with Gasteiger partial charge in [-0.15, -0.1) is 11.6 Å². The quantitative estimate of drug-likeness (QED) is 0.728. The number of rotatable bonds is 2. The van der Waals surface area contributed by atoms with E-state index in [1.54, 1.807) is 6.07 Å². The van der Waals surface area contributed by atoms with Crippen LogP contribution in [0.5, 0.6) is 0 Å². The van der Waals surface area contributed by atoms with Crippen LogP contribution in [0.3, 0.4) is 0 Å². The third-order valence-electron chi connectivity index (χ3n) is 2.42. The van der Waals surface area contributed by atoms with E-state index in [1.165, 1.54) is 12.1 Å². The van der Waals surface area contributed by atoms with Gasteiger partial charge in [0, 0.05) is 5.56 Å². The molecule has 0 N–H and O–H groups in total. The second kappa shape index (κ2) is 4.47. The van der Waals surface area contributed by atoms with Crippen molar-refractivity contribution in [3.8, 4) is 0 Å². The van der Waals surface area contributed by atoms with Crippen molar-refractivity contribution >= 4 is 11.6 Å². The van der Waals surface area contributed by atoms with Crippen molar-refractivity contribution in [3.63, 3.8) is 0 Å². The fourth-order valence-corrected chi connectivity index (χ4v) is 1.72. The number of hydrogen-bond acceptors (Lipinski definition) is 2. The van der Waals surface area contributed by atoms with Crippen molar-refractivity contribution in [3.05, 3.63) is 35.1 Å². The van der Waals surface area contributed by atoms with Crippen LogP contribution in [0.4, 0.5) is 4.39 Å². The molecule has 2 atom stereocenters. The minimum Gasteiger partial charge on any atom is -0.346 e. The molecular formula is C11H12ClFO2. The summed E-state index contributed by atoms with van der Waals surface area (Å²) in [6.45, 7) is 2.36. The molecule has 82 valence electrons. The van der Waals surface area contributed by atoms with Crippen molar-refractivity contribution in [1.29, 1.82) is 0 Å². The minimum absolute atomic E-state index is 0.0978. The topological polar surface area (TPSA) is 18.5 Å². The lowest BCUT2D eigenvalue weighted by molar-refractivity contribution is -0.0572. The molecule has 0 spiro atoms. The van der Waals surface area contributed by atoms with Gasteiger partial charge in [-0.3, -0.25) is 0 Å². The maximum Gasteiger partial charge on any atom is 0.184 e. The van der Waals surface area contributed by atoms with Gasteiger partial charge >= 0.3 is 0 Å². The number of hydrogen-bond donors (Lipinski definition) is 0. The third kappa shape index (κ3) is 2.30. The van der Waals surface area contributed by atoms with Gasteiger partial charge in [0.2, 0.25) is 0 Å². The predicted molar refractivity (Wildman–Crippen MR) is 55.4 cm³/mol. The summed E-state index contributed by atoms with van der Waals surface area (Å²) in [6, 6.07) is 4.58. The van der Waals surface area contributed by atoms with Crippen LogP contribution < -0.4 is 0 Å². The molecule has 1 heterocycles. The molecule has 4 heteroatoms. The molecule has 15 heavy (non-hydrogen) atoms. The molecule has 0 bridgehead atoms. The van der Waals surface area contributed by atoms with Crippen LogP contribution in [0.15, 0.2) is 18.2 Å². The molecule has 0 radical (unpaired) electrons. The van der Waals surface area contributed by atoms with E-state index >= 15 is 0 Å². The SMILES string of the molecule is Cc1ccc(F)cc1C1OCC(CCl)O1. The van der Waals surface area contributed by atoms with E-state index in [0.29, 0.717) is 12.5 Å². The lowest BCUT2D eigenvalue weighted by Crippen LogP contribution is -2.11. The highest BCUT2D eigenvalue weighted by Gasteiger charge is 2.27. The average molecular weight is 231 g/mol. The summed E-state index contributed by atoms with van der Waals surface area (Å²) in [5.74, 6) is 0.113. The van der Waals surface area contributed by atoms with Crippen LogP contribution in [0.1, 0.15) is 17.4 Å². The highest BCUT2D eigenvalue weighted by Crippen LogP contribution is 2.29. The van der Waals surface area contributed by atoms with Gasteiger partial charge in [-0.05, 0) is 24.6 Å². The van der Waals surface area contributed by atoms with Crippen LogP contribution in [-0.2, 0) is 9.47 Å².